The Labute approximate surface area is 148 Å². The molecule has 0 aliphatic rings. The van der Waals surface area contributed by atoms with Crippen LogP contribution in [0.2, 0.25) is 5.02 Å². The van der Waals surface area contributed by atoms with Gasteiger partial charge < -0.3 is 5.32 Å². The molecule has 1 aromatic heterocycles. The van der Waals surface area contributed by atoms with Gasteiger partial charge in [0.2, 0.25) is 0 Å². The van der Waals surface area contributed by atoms with E-state index in [1.165, 1.54) is 11.3 Å². The molecule has 24 heavy (non-hydrogen) atoms. The van der Waals surface area contributed by atoms with Crippen LogP contribution in [0.15, 0.2) is 53.9 Å². The van der Waals surface area contributed by atoms with Crippen molar-refractivity contribution in [3.05, 3.63) is 75.8 Å². The second-order valence-electron chi connectivity index (χ2n) is 5.04. The Hall–Kier alpha value is -2.68. The molecule has 2 aromatic carbocycles. The first-order valence-corrected chi connectivity index (χ1v) is 8.40. The van der Waals surface area contributed by atoms with Gasteiger partial charge in [-0.25, -0.2) is 4.98 Å². The topological polar surface area (TPSA) is 65.8 Å². The Morgan fingerprint density at radius 1 is 1.17 bits per heavy atom. The van der Waals surface area contributed by atoms with Gasteiger partial charge in [0.1, 0.15) is 10.7 Å². The highest BCUT2D eigenvalue weighted by Gasteiger charge is 2.11. The highest BCUT2D eigenvalue weighted by atomic mass is 35.5. The summed E-state index contributed by atoms with van der Waals surface area (Å²) >= 11 is 7.29. The number of carbonyl (C=O) groups is 1. The van der Waals surface area contributed by atoms with Crippen LogP contribution in [-0.2, 0) is 6.54 Å². The molecular formula is C18H12ClN3OS. The molecule has 0 unspecified atom stereocenters. The van der Waals surface area contributed by atoms with Gasteiger partial charge in [0, 0.05) is 22.5 Å². The van der Waals surface area contributed by atoms with E-state index in [4.69, 9.17) is 16.9 Å². The molecule has 0 bridgehead atoms. The molecule has 0 spiro atoms. The van der Waals surface area contributed by atoms with Crippen molar-refractivity contribution in [3.8, 4) is 16.6 Å². The molecule has 0 aliphatic heterocycles. The molecule has 0 saturated heterocycles. The third-order valence-electron chi connectivity index (χ3n) is 3.36. The quantitative estimate of drug-likeness (QED) is 0.761. The lowest BCUT2D eigenvalue weighted by molar-refractivity contribution is 0.0946. The van der Waals surface area contributed by atoms with Crippen molar-refractivity contribution in [2.45, 2.75) is 6.54 Å². The van der Waals surface area contributed by atoms with Crippen LogP contribution in [0.4, 0.5) is 0 Å². The van der Waals surface area contributed by atoms with E-state index in [1.54, 1.807) is 29.6 Å². The maximum Gasteiger partial charge on any atom is 0.271 e. The molecular weight excluding hydrogens is 342 g/mol. The first kappa shape index (κ1) is 16.2. The van der Waals surface area contributed by atoms with E-state index in [2.05, 4.69) is 16.4 Å². The SMILES string of the molecule is N#Cc1ccc(CNC(=O)c2csc(-c3ccc(Cl)cc3)n2)cc1. The number of hydrogen-bond donors (Lipinski definition) is 1. The molecule has 6 heteroatoms. The van der Waals surface area contributed by atoms with Crippen LogP contribution in [0.1, 0.15) is 21.6 Å². The summed E-state index contributed by atoms with van der Waals surface area (Å²) in [6.07, 6.45) is 0. The minimum Gasteiger partial charge on any atom is -0.347 e. The molecule has 0 fully saturated rings. The van der Waals surface area contributed by atoms with Crippen molar-refractivity contribution in [3.63, 3.8) is 0 Å². The molecule has 0 saturated carbocycles. The fourth-order valence-corrected chi connectivity index (χ4v) is 3.01. The van der Waals surface area contributed by atoms with Crippen molar-refractivity contribution in [1.29, 1.82) is 5.26 Å². The first-order chi connectivity index (χ1) is 11.7. The van der Waals surface area contributed by atoms with E-state index in [1.807, 2.05) is 24.3 Å². The Morgan fingerprint density at radius 2 is 1.88 bits per heavy atom. The summed E-state index contributed by atoms with van der Waals surface area (Å²) in [5, 5.41) is 14.8. The summed E-state index contributed by atoms with van der Waals surface area (Å²) in [5.41, 5.74) is 2.84. The van der Waals surface area contributed by atoms with Gasteiger partial charge >= 0.3 is 0 Å². The lowest BCUT2D eigenvalue weighted by Gasteiger charge is -2.03. The maximum atomic E-state index is 12.2. The Balaban J connectivity index is 1.65. The van der Waals surface area contributed by atoms with Gasteiger partial charge in [-0.3, -0.25) is 4.79 Å². The number of aromatic nitrogens is 1. The summed E-state index contributed by atoms with van der Waals surface area (Å²) in [7, 11) is 0. The Morgan fingerprint density at radius 3 is 2.54 bits per heavy atom. The lowest BCUT2D eigenvalue weighted by atomic mass is 10.1. The number of amides is 1. The third-order valence-corrected chi connectivity index (χ3v) is 4.51. The molecule has 1 N–H and O–H groups in total. The number of halogens is 1. The number of rotatable bonds is 4. The van der Waals surface area contributed by atoms with Gasteiger partial charge in [0.05, 0.1) is 11.6 Å². The van der Waals surface area contributed by atoms with Gasteiger partial charge in [-0.2, -0.15) is 5.26 Å². The largest absolute Gasteiger partial charge is 0.347 e. The molecule has 3 rings (SSSR count). The summed E-state index contributed by atoms with van der Waals surface area (Å²) in [4.78, 5) is 16.6. The Kier molecular flexibility index (Phi) is 4.90. The number of nitriles is 1. The second kappa shape index (κ2) is 7.26. The van der Waals surface area contributed by atoms with E-state index in [-0.39, 0.29) is 5.91 Å². The molecule has 4 nitrogen and oxygen atoms in total. The van der Waals surface area contributed by atoms with Gasteiger partial charge in [0.15, 0.2) is 0 Å². The zero-order valence-corrected chi connectivity index (χ0v) is 14.1. The molecule has 3 aromatic rings. The van der Waals surface area contributed by atoms with Gasteiger partial charge in [-0.15, -0.1) is 11.3 Å². The highest BCUT2D eigenvalue weighted by molar-refractivity contribution is 7.13. The van der Waals surface area contributed by atoms with E-state index >= 15 is 0 Å². The zero-order chi connectivity index (χ0) is 16.9. The molecule has 0 aliphatic carbocycles. The number of thiazole rings is 1. The van der Waals surface area contributed by atoms with Crippen molar-refractivity contribution in [1.82, 2.24) is 10.3 Å². The smallest absolute Gasteiger partial charge is 0.271 e. The van der Waals surface area contributed by atoms with Crippen LogP contribution in [0.25, 0.3) is 10.6 Å². The van der Waals surface area contributed by atoms with Crippen LogP contribution < -0.4 is 5.32 Å². The van der Waals surface area contributed by atoms with Gasteiger partial charge in [-0.1, -0.05) is 35.9 Å². The third kappa shape index (κ3) is 3.80. The average molecular weight is 354 g/mol. The number of hydrogen-bond acceptors (Lipinski definition) is 4. The second-order valence-corrected chi connectivity index (χ2v) is 6.33. The standard InChI is InChI=1S/C18H12ClN3OS/c19-15-7-5-14(6-8-15)18-22-16(11-24-18)17(23)21-10-13-3-1-12(9-20)2-4-13/h1-8,11H,10H2,(H,21,23). The Bertz CT molecular complexity index is 895. The fraction of sp³-hybridized carbons (Fsp3) is 0.0556. The molecule has 0 radical (unpaired) electrons. The lowest BCUT2D eigenvalue weighted by Crippen LogP contribution is -2.23. The van der Waals surface area contributed by atoms with Crippen LogP contribution in [0, 0.1) is 11.3 Å². The minimum atomic E-state index is -0.226. The van der Waals surface area contributed by atoms with Gasteiger partial charge in [0.25, 0.3) is 5.91 Å². The van der Waals surface area contributed by atoms with Crippen LogP contribution >= 0.6 is 22.9 Å². The highest BCUT2D eigenvalue weighted by Crippen LogP contribution is 2.25. The van der Waals surface area contributed by atoms with Crippen LogP contribution in [-0.4, -0.2) is 10.9 Å². The average Bonchev–Trinajstić information content (AvgIpc) is 3.11. The minimum absolute atomic E-state index is 0.226. The van der Waals surface area contributed by atoms with Gasteiger partial charge in [-0.05, 0) is 29.8 Å². The van der Waals surface area contributed by atoms with E-state index in [0.717, 1.165) is 16.1 Å². The summed E-state index contributed by atoms with van der Waals surface area (Å²) in [5.74, 6) is -0.226. The monoisotopic (exact) mass is 353 g/mol. The predicted octanol–water partition coefficient (Wildman–Crippen LogP) is 4.27. The molecule has 1 amide bonds. The number of nitrogens with zero attached hydrogens (tertiary/aromatic N) is 2. The molecule has 118 valence electrons. The van der Waals surface area contributed by atoms with Crippen molar-refractivity contribution in [2.24, 2.45) is 0 Å². The molecule has 1 heterocycles. The van der Waals surface area contributed by atoms with Crippen LogP contribution in [0.3, 0.4) is 0 Å². The normalized spacial score (nSPS) is 10.2. The summed E-state index contributed by atoms with van der Waals surface area (Å²) in [6, 6.07) is 16.5. The summed E-state index contributed by atoms with van der Waals surface area (Å²) < 4.78 is 0. The fourth-order valence-electron chi connectivity index (χ4n) is 2.07. The maximum absolute atomic E-state index is 12.2. The zero-order valence-electron chi connectivity index (χ0n) is 12.5. The van der Waals surface area contributed by atoms with E-state index in [9.17, 15) is 4.79 Å². The van der Waals surface area contributed by atoms with E-state index < -0.39 is 0 Å². The number of nitrogens with one attached hydrogen (secondary N) is 1. The van der Waals surface area contributed by atoms with Crippen molar-refractivity contribution in [2.75, 3.05) is 0 Å². The summed E-state index contributed by atoms with van der Waals surface area (Å²) in [6.45, 7) is 0.387. The number of carbonyl (C=O) groups excluding carboxylic acids is 1. The number of benzene rings is 2. The van der Waals surface area contributed by atoms with Crippen LogP contribution in [0.5, 0.6) is 0 Å². The van der Waals surface area contributed by atoms with E-state index in [0.29, 0.717) is 22.8 Å². The van der Waals surface area contributed by atoms with Crippen molar-refractivity contribution >= 4 is 28.8 Å². The molecule has 0 atom stereocenters. The predicted molar refractivity (Wildman–Crippen MR) is 94.9 cm³/mol. The van der Waals surface area contributed by atoms with Crippen molar-refractivity contribution < 1.29 is 4.79 Å². The first-order valence-electron chi connectivity index (χ1n) is 7.14.